The molecule has 0 aliphatic carbocycles. The second-order valence-corrected chi connectivity index (χ2v) is 7.15. The topological polar surface area (TPSA) is 51.2 Å². The van der Waals surface area contributed by atoms with Gasteiger partial charge in [0.05, 0.1) is 10.3 Å². The minimum atomic E-state index is -0.792. The number of benzene rings is 3. The van der Waals surface area contributed by atoms with Crippen LogP contribution in [0.5, 0.6) is 5.75 Å². The van der Waals surface area contributed by atoms with E-state index in [0.29, 0.717) is 10.4 Å². The van der Waals surface area contributed by atoms with Gasteiger partial charge in [-0.3, -0.25) is 10.1 Å². The molecule has 0 bridgehead atoms. The van der Waals surface area contributed by atoms with Gasteiger partial charge >= 0.3 is 0 Å². The van der Waals surface area contributed by atoms with E-state index in [1.54, 1.807) is 36.4 Å². The largest absolute Gasteiger partial charge is 0.488 e. The van der Waals surface area contributed by atoms with Crippen LogP contribution in [-0.4, -0.2) is 10.9 Å². The van der Waals surface area contributed by atoms with Gasteiger partial charge in [-0.05, 0) is 35.9 Å². The number of thiazole rings is 1. The Balaban J connectivity index is 1.53. The van der Waals surface area contributed by atoms with Gasteiger partial charge in [0.2, 0.25) is 0 Å². The molecule has 4 nitrogen and oxygen atoms in total. The third-order valence-electron chi connectivity index (χ3n) is 4.07. The predicted octanol–water partition coefficient (Wildman–Crippen LogP) is 5.54. The van der Waals surface area contributed by atoms with Crippen molar-refractivity contribution in [2.24, 2.45) is 0 Å². The third kappa shape index (κ3) is 4.22. The number of aromatic nitrogens is 1. The fourth-order valence-corrected chi connectivity index (χ4v) is 3.60. The first kappa shape index (κ1) is 18.9. The van der Waals surface area contributed by atoms with Crippen LogP contribution in [0, 0.1) is 17.5 Å². The first-order valence-electron chi connectivity index (χ1n) is 8.53. The van der Waals surface area contributed by atoms with E-state index in [2.05, 4.69) is 10.3 Å². The summed E-state index contributed by atoms with van der Waals surface area (Å²) in [6.45, 7) is 0.149. The summed E-state index contributed by atoms with van der Waals surface area (Å²) in [6.07, 6.45) is 0. The Hall–Kier alpha value is -3.39. The van der Waals surface area contributed by atoms with Gasteiger partial charge in [0.25, 0.3) is 5.91 Å². The number of hydrogen-bond donors (Lipinski definition) is 1. The van der Waals surface area contributed by atoms with Crippen LogP contribution in [0.15, 0.2) is 60.7 Å². The van der Waals surface area contributed by atoms with Gasteiger partial charge in [-0.1, -0.05) is 35.6 Å². The number of fused-ring (bicyclic) bond motifs is 1. The molecule has 0 saturated heterocycles. The minimum Gasteiger partial charge on any atom is -0.488 e. The van der Waals surface area contributed by atoms with Gasteiger partial charge < -0.3 is 4.74 Å². The average molecular weight is 414 g/mol. The lowest BCUT2D eigenvalue weighted by atomic mass is 10.2. The monoisotopic (exact) mass is 414 g/mol. The summed E-state index contributed by atoms with van der Waals surface area (Å²) in [7, 11) is 0. The lowest BCUT2D eigenvalue weighted by Crippen LogP contribution is -2.13. The van der Waals surface area contributed by atoms with E-state index >= 15 is 0 Å². The molecular weight excluding hydrogens is 401 g/mol. The van der Waals surface area contributed by atoms with E-state index < -0.39 is 17.5 Å². The maximum absolute atomic E-state index is 13.8. The number of nitrogens with zero attached hydrogens (tertiary/aromatic N) is 1. The Morgan fingerprint density at radius 3 is 2.55 bits per heavy atom. The standard InChI is InChI=1S/C21H13F3N2O2S/c22-13-7-5-12(6-8-13)11-28-17-4-2-1-3-15(17)20(27)26-21-25-19-16(24)9-14(23)10-18(19)29-21/h1-10H,11H2,(H,25,26,27). The lowest BCUT2D eigenvalue weighted by molar-refractivity contribution is 0.102. The molecule has 0 spiro atoms. The van der Waals surface area contributed by atoms with Gasteiger partial charge in [-0.15, -0.1) is 0 Å². The molecule has 29 heavy (non-hydrogen) atoms. The highest BCUT2D eigenvalue weighted by Crippen LogP contribution is 2.29. The molecule has 0 unspecified atom stereocenters. The molecule has 0 fully saturated rings. The summed E-state index contributed by atoms with van der Waals surface area (Å²) >= 11 is 0.967. The maximum Gasteiger partial charge on any atom is 0.261 e. The second kappa shape index (κ2) is 7.92. The Kier molecular flexibility index (Phi) is 5.18. The summed E-state index contributed by atoms with van der Waals surface area (Å²) in [4.78, 5) is 16.7. The van der Waals surface area contributed by atoms with Crippen molar-refractivity contribution in [3.05, 3.63) is 89.2 Å². The Labute approximate surface area is 167 Å². The molecule has 8 heteroatoms. The van der Waals surface area contributed by atoms with Crippen LogP contribution >= 0.6 is 11.3 Å². The zero-order valence-corrected chi connectivity index (χ0v) is 15.6. The van der Waals surface area contributed by atoms with Crippen molar-refractivity contribution in [3.63, 3.8) is 0 Å². The third-order valence-corrected chi connectivity index (χ3v) is 4.99. The molecule has 0 atom stereocenters. The highest BCUT2D eigenvalue weighted by Gasteiger charge is 2.16. The molecule has 0 aliphatic rings. The number of para-hydroxylation sites is 1. The van der Waals surface area contributed by atoms with Crippen LogP contribution in [0.4, 0.5) is 18.3 Å². The van der Waals surface area contributed by atoms with Crippen LogP contribution in [0.1, 0.15) is 15.9 Å². The molecule has 1 aromatic heterocycles. The van der Waals surface area contributed by atoms with E-state index in [4.69, 9.17) is 4.74 Å². The normalized spacial score (nSPS) is 10.9. The molecule has 1 heterocycles. The lowest BCUT2D eigenvalue weighted by Gasteiger charge is -2.11. The number of halogens is 3. The van der Waals surface area contributed by atoms with Crippen molar-refractivity contribution in [2.75, 3.05) is 5.32 Å². The predicted molar refractivity (Wildman–Crippen MR) is 105 cm³/mol. The van der Waals surface area contributed by atoms with E-state index in [9.17, 15) is 18.0 Å². The second-order valence-electron chi connectivity index (χ2n) is 6.12. The summed E-state index contributed by atoms with van der Waals surface area (Å²) in [5.74, 6) is -2.02. The summed E-state index contributed by atoms with van der Waals surface area (Å²) in [5.41, 5.74) is 0.985. The molecule has 1 amide bonds. The van der Waals surface area contributed by atoms with Gasteiger partial charge in [0, 0.05) is 6.07 Å². The van der Waals surface area contributed by atoms with Gasteiger partial charge in [-0.25, -0.2) is 18.2 Å². The van der Waals surface area contributed by atoms with Crippen molar-refractivity contribution >= 4 is 32.6 Å². The number of anilines is 1. The van der Waals surface area contributed by atoms with E-state index in [-0.39, 0.29) is 28.6 Å². The highest BCUT2D eigenvalue weighted by molar-refractivity contribution is 7.22. The first-order chi connectivity index (χ1) is 14.0. The number of carbonyl (C=O) groups is 1. The highest BCUT2D eigenvalue weighted by atomic mass is 32.1. The smallest absolute Gasteiger partial charge is 0.261 e. The average Bonchev–Trinajstić information content (AvgIpc) is 3.10. The number of amides is 1. The maximum atomic E-state index is 13.8. The molecule has 3 aromatic carbocycles. The van der Waals surface area contributed by atoms with Crippen molar-refractivity contribution in [1.82, 2.24) is 4.98 Å². The Bertz CT molecular complexity index is 1190. The van der Waals surface area contributed by atoms with E-state index in [0.717, 1.165) is 29.0 Å². The molecular formula is C21H13F3N2O2S. The van der Waals surface area contributed by atoms with Crippen LogP contribution in [0.25, 0.3) is 10.2 Å². The molecule has 0 radical (unpaired) electrons. The SMILES string of the molecule is O=C(Nc1nc2c(F)cc(F)cc2s1)c1ccccc1OCc1ccc(F)cc1. The van der Waals surface area contributed by atoms with Crippen LogP contribution in [-0.2, 0) is 6.61 Å². The fourth-order valence-electron chi connectivity index (χ4n) is 2.70. The number of rotatable bonds is 5. The first-order valence-corrected chi connectivity index (χ1v) is 9.34. The molecule has 1 N–H and O–H groups in total. The zero-order valence-electron chi connectivity index (χ0n) is 14.8. The van der Waals surface area contributed by atoms with Crippen molar-refractivity contribution < 1.29 is 22.7 Å². The molecule has 4 aromatic rings. The summed E-state index contributed by atoms with van der Waals surface area (Å²) in [6, 6.07) is 14.3. The molecule has 0 saturated carbocycles. The van der Waals surface area contributed by atoms with E-state index in [1.807, 2.05) is 0 Å². The number of hydrogen-bond acceptors (Lipinski definition) is 4. The number of ether oxygens (including phenoxy) is 1. The van der Waals surface area contributed by atoms with Gasteiger partial charge in [0.15, 0.2) is 10.9 Å². The van der Waals surface area contributed by atoms with Gasteiger partial charge in [-0.2, -0.15) is 0 Å². The van der Waals surface area contributed by atoms with Crippen molar-refractivity contribution in [3.8, 4) is 5.75 Å². The fraction of sp³-hybridized carbons (Fsp3) is 0.0476. The van der Waals surface area contributed by atoms with Crippen LogP contribution in [0.2, 0.25) is 0 Å². The van der Waals surface area contributed by atoms with E-state index in [1.165, 1.54) is 12.1 Å². The van der Waals surface area contributed by atoms with Crippen molar-refractivity contribution in [2.45, 2.75) is 6.61 Å². The molecule has 4 rings (SSSR count). The zero-order chi connectivity index (χ0) is 20.4. The Morgan fingerprint density at radius 1 is 1.00 bits per heavy atom. The quantitative estimate of drug-likeness (QED) is 0.466. The number of carbonyl (C=O) groups excluding carboxylic acids is 1. The molecule has 0 aliphatic heterocycles. The number of nitrogens with one attached hydrogen (secondary N) is 1. The van der Waals surface area contributed by atoms with Gasteiger partial charge in [0.1, 0.15) is 29.5 Å². The van der Waals surface area contributed by atoms with Crippen LogP contribution in [0.3, 0.4) is 0 Å². The summed E-state index contributed by atoms with van der Waals surface area (Å²) < 4.78 is 46.2. The Morgan fingerprint density at radius 2 is 1.76 bits per heavy atom. The minimum absolute atomic E-state index is 0.00690. The molecule has 146 valence electrons. The summed E-state index contributed by atoms with van der Waals surface area (Å²) in [5, 5.41) is 2.73. The van der Waals surface area contributed by atoms with Crippen molar-refractivity contribution in [1.29, 1.82) is 0 Å². The van der Waals surface area contributed by atoms with Crippen LogP contribution < -0.4 is 10.1 Å².